The number of ether oxygens (including phenoxy) is 2. The molecule has 1 fully saturated rings. The fourth-order valence-corrected chi connectivity index (χ4v) is 5.05. The first-order valence-corrected chi connectivity index (χ1v) is 15.2. The lowest BCUT2D eigenvalue weighted by molar-refractivity contribution is 0.0232. The Hall–Kier alpha value is -0.400. The Morgan fingerprint density at radius 2 is 0.974 bits per heavy atom. The highest BCUT2D eigenvalue weighted by atomic mass is 16.5. The smallest absolute Gasteiger partial charge is 0.0793 e. The molecule has 1 unspecified atom stereocenters. The van der Waals surface area contributed by atoms with Gasteiger partial charge in [-0.05, 0) is 38.9 Å². The van der Waals surface area contributed by atoms with Crippen LogP contribution in [0.1, 0.15) is 40.0 Å². The van der Waals surface area contributed by atoms with Crippen molar-refractivity contribution < 1.29 is 24.8 Å². The van der Waals surface area contributed by atoms with Gasteiger partial charge in [0.25, 0.3) is 0 Å². The maximum atomic E-state index is 11.1. The zero-order valence-corrected chi connectivity index (χ0v) is 24.9. The van der Waals surface area contributed by atoms with Gasteiger partial charge in [0.15, 0.2) is 0 Å². The molecule has 0 aromatic heterocycles. The summed E-state index contributed by atoms with van der Waals surface area (Å²) in [6.45, 7) is 22.9. The minimum Gasteiger partial charge on any atom is -0.394 e. The van der Waals surface area contributed by atoms with Crippen LogP contribution in [0.25, 0.3) is 0 Å². The standard InChI is InChI=1S/C28H61N5O5/c1-4-7-29-10-12-30(8-5-2)14-16-32(17-15-31(9-6-3)13-11-29)26-28(36)27-33(18-22-37-24-20-34)19-23-38-25-21-35/h28,34-36H,4-27H2,1-3H3. The van der Waals surface area contributed by atoms with Gasteiger partial charge in [0, 0.05) is 78.5 Å². The van der Waals surface area contributed by atoms with Gasteiger partial charge in [-0.15, -0.1) is 0 Å². The Bertz CT molecular complexity index is 488. The lowest BCUT2D eigenvalue weighted by Crippen LogP contribution is -2.49. The predicted molar refractivity (Wildman–Crippen MR) is 155 cm³/mol. The van der Waals surface area contributed by atoms with Crippen molar-refractivity contribution in [1.29, 1.82) is 0 Å². The van der Waals surface area contributed by atoms with Crippen LogP contribution in [-0.2, 0) is 9.47 Å². The highest BCUT2D eigenvalue weighted by molar-refractivity contribution is 4.75. The van der Waals surface area contributed by atoms with E-state index in [4.69, 9.17) is 19.7 Å². The van der Waals surface area contributed by atoms with Gasteiger partial charge >= 0.3 is 0 Å². The maximum absolute atomic E-state index is 11.1. The van der Waals surface area contributed by atoms with Crippen molar-refractivity contribution in [3.63, 3.8) is 0 Å². The molecular formula is C28H61N5O5. The number of hydrogen-bond acceptors (Lipinski definition) is 10. The molecule has 0 bridgehead atoms. The summed E-state index contributed by atoms with van der Waals surface area (Å²) in [6, 6.07) is 0. The van der Waals surface area contributed by atoms with Gasteiger partial charge in [-0.25, -0.2) is 0 Å². The Morgan fingerprint density at radius 3 is 1.32 bits per heavy atom. The molecule has 228 valence electrons. The summed E-state index contributed by atoms with van der Waals surface area (Å²) in [6.07, 6.45) is 3.04. The number of aliphatic hydroxyl groups is 3. The van der Waals surface area contributed by atoms with Crippen molar-refractivity contribution in [3.8, 4) is 0 Å². The topological polar surface area (TPSA) is 95.4 Å². The molecule has 10 nitrogen and oxygen atoms in total. The summed E-state index contributed by atoms with van der Waals surface area (Å²) in [7, 11) is 0. The van der Waals surface area contributed by atoms with E-state index in [2.05, 4.69) is 45.3 Å². The van der Waals surface area contributed by atoms with E-state index >= 15 is 0 Å². The molecule has 1 aliphatic heterocycles. The van der Waals surface area contributed by atoms with Gasteiger partial charge in [0.05, 0.1) is 45.7 Å². The number of aliphatic hydroxyl groups excluding tert-OH is 3. The SMILES string of the molecule is CCCN1CCN(CCC)CCN(CC(O)CN(CCOCCO)CCOCCO)CCN(CCC)CC1. The molecule has 10 heteroatoms. The second-order valence-electron chi connectivity index (χ2n) is 10.5. The van der Waals surface area contributed by atoms with Crippen molar-refractivity contribution in [3.05, 3.63) is 0 Å². The minimum absolute atomic E-state index is 0.0118. The maximum Gasteiger partial charge on any atom is 0.0793 e. The van der Waals surface area contributed by atoms with Gasteiger partial charge in [-0.1, -0.05) is 20.8 Å². The van der Waals surface area contributed by atoms with Crippen LogP contribution in [0.5, 0.6) is 0 Å². The Labute approximate surface area is 233 Å². The molecule has 0 aromatic carbocycles. The van der Waals surface area contributed by atoms with E-state index in [1.54, 1.807) is 0 Å². The van der Waals surface area contributed by atoms with Gasteiger partial charge < -0.3 is 39.5 Å². The third-order valence-electron chi connectivity index (χ3n) is 7.06. The lowest BCUT2D eigenvalue weighted by Gasteiger charge is -2.35. The predicted octanol–water partition coefficient (Wildman–Crippen LogP) is 0.119. The molecule has 0 aliphatic carbocycles. The van der Waals surface area contributed by atoms with E-state index in [0.717, 1.165) is 78.3 Å². The van der Waals surface area contributed by atoms with Crippen molar-refractivity contribution in [1.82, 2.24) is 24.5 Å². The van der Waals surface area contributed by atoms with Crippen LogP contribution in [-0.4, -0.2) is 184 Å². The summed E-state index contributed by atoms with van der Waals surface area (Å²) in [4.78, 5) is 12.4. The van der Waals surface area contributed by atoms with Crippen molar-refractivity contribution >= 4 is 0 Å². The van der Waals surface area contributed by atoms with E-state index in [1.807, 2.05) is 0 Å². The zero-order valence-electron chi connectivity index (χ0n) is 24.9. The third-order valence-corrected chi connectivity index (χ3v) is 7.06. The molecule has 0 saturated carbocycles. The van der Waals surface area contributed by atoms with Crippen LogP contribution >= 0.6 is 0 Å². The van der Waals surface area contributed by atoms with E-state index < -0.39 is 6.10 Å². The fraction of sp³-hybridized carbons (Fsp3) is 1.00. The molecule has 1 rings (SSSR count). The summed E-state index contributed by atoms with van der Waals surface area (Å²) in [5, 5.41) is 29.1. The quantitative estimate of drug-likeness (QED) is 0.183. The molecular weight excluding hydrogens is 486 g/mol. The molecule has 0 aromatic rings. The normalized spacial score (nSPS) is 19.0. The van der Waals surface area contributed by atoms with E-state index in [0.29, 0.717) is 52.6 Å². The Kier molecular flexibility index (Phi) is 22.9. The van der Waals surface area contributed by atoms with Crippen LogP contribution in [0.4, 0.5) is 0 Å². The molecule has 1 saturated heterocycles. The summed E-state index contributed by atoms with van der Waals surface area (Å²) >= 11 is 0. The number of rotatable bonds is 20. The average molecular weight is 548 g/mol. The van der Waals surface area contributed by atoms with Crippen LogP contribution < -0.4 is 0 Å². The summed E-state index contributed by atoms with van der Waals surface area (Å²) < 4.78 is 10.9. The van der Waals surface area contributed by atoms with Crippen molar-refractivity contribution in [2.24, 2.45) is 0 Å². The fourth-order valence-electron chi connectivity index (χ4n) is 5.05. The van der Waals surface area contributed by atoms with Gasteiger partial charge in [-0.2, -0.15) is 0 Å². The first kappa shape index (κ1) is 35.6. The summed E-state index contributed by atoms with van der Waals surface area (Å²) in [5.41, 5.74) is 0. The second-order valence-corrected chi connectivity index (χ2v) is 10.5. The molecule has 0 spiro atoms. The summed E-state index contributed by atoms with van der Waals surface area (Å²) in [5.74, 6) is 0. The van der Waals surface area contributed by atoms with Crippen LogP contribution in [0.15, 0.2) is 0 Å². The lowest BCUT2D eigenvalue weighted by atomic mass is 10.2. The largest absolute Gasteiger partial charge is 0.394 e. The first-order chi connectivity index (χ1) is 18.6. The van der Waals surface area contributed by atoms with Crippen LogP contribution in [0.3, 0.4) is 0 Å². The monoisotopic (exact) mass is 547 g/mol. The molecule has 0 amide bonds. The zero-order chi connectivity index (χ0) is 27.8. The molecule has 1 aliphatic rings. The first-order valence-electron chi connectivity index (χ1n) is 15.2. The molecule has 0 radical (unpaired) electrons. The van der Waals surface area contributed by atoms with E-state index in [-0.39, 0.29) is 13.2 Å². The van der Waals surface area contributed by atoms with Crippen molar-refractivity contribution in [2.75, 3.05) is 138 Å². The molecule has 38 heavy (non-hydrogen) atoms. The molecule has 1 atom stereocenters. The highest BCUT2D eigenvalue weighted by Crippen LogP contribution is 2.05. The van der Waals surface area contributed by atoms with Crippen LogP contribution in [0.2, 0.25) is 0 Å². The third kappa shape index (κ3) is 18.0. The van der Waals surface area contributed by atoms with E-state index in [9.17, 15) is 5.11 Å². The molecule has 1 heterocycles. The van der Waals surface area contributed by atoms with E-state index in [1.165, 1.54) is 13.0 Å². The van der Waals surface area contributed by atoms with Gasteiger partial charge in [-0.3, -0.25) is 9.80 Å². The van der Waals surface area contributed by atoms with Crippen molar-refractivity contribution in [2.45, 2.75) is 46.1 Å². The second kappa shape index (κ2) is 24.4. The number of β-amino-alcohol motifs (C(OH)–C–C–N with tert-alkyl or cyclic N) is 1. The number of hydrogen-bond donors (Lipinski definition) is 3. The van der Waals surface area contributed by atoms with Crippen LogP contribution in [0, 0.1) is 0 Å². The van der Waals surface area contributed by atoms with Gasteiger partial charge in [0.1, 0.15) is 0 Å². The molecule has 3 N–H and O–H groups in total. The number of nitrogens with zero attached hydrogens (tertiary/aromatic N) is 5. The Morgan fingerprint density at radius 1 is 0.605 bits per heavy atom. The van der Waals surface area contributed by atoms with Gasteiger partial charge in [0.2, 0.25) is 0 Å². The highest BCUT2D eigenvalue weighted by Gasteiger charge is 2.19. The average Bonchev–Trinajstić information content (AvgIpc) is 2.90. The Balaban J connectivity index is 2.77. The minimum atomic E-state index is -0.474.